The first kappa shape index (κ1) is 17.6. The number of primary sulfonamides is 1. The van der Waals surface area contributed by atoms with Crippen molar-refractivity contribution in [3.05, 3.63) is 29.3 Å². The van der Waals surface area contributed by atoms with Gasteiger partial charge in [-0.15, -0.1) is 0 Å². The Bertz CT molecular complexity index is 754. The zero-order valence-corrected chi connectivity index (χ0v) is 13.6. The van der Waals surface area contributed by atoms with Gasteiger partial charge in [-0.2, -0.15) is 0 Å². The fourth-order valence-electron chi connectivity index (χ4n) is 1.82. The predicted molar refractivity (Wildman–Crippen MR) is 79.2 cm³/mol. The van der Waals surface area contributed by atoms with E-state index in [0.717, 1.165) is 6.26 Å². The van der Waals surface area contributed by atoms with Crippen LogP contribution in [0.5, 0.6) is 0 Å². The molecule has 1 aromatic rings. The first-order chi connectivity index (χ1) is 9.40. The van der Waals surface area contributed by atoms with Crippen LogP contribution in [-0.4, -0.2) is 40.8 Å². The molecule has 1 atom stereocenters. The van der Waals surface area contributed by atoms with Gasteiger partial charge in [-0.05, 0) is 31.5 Å². The van der Waals surface area contributed by atoms with Gasteiger partial charge in [0.1, 0.15) is 9.84 Å². The summed E-state index contributed by atoms with van der Waals surface area (Å²) in [7, 11) is -7.13. The van der Waals surface area contributed by atoms with E-state index in [-0.39, 0.29) is 16.2 Å². The highest BCUT2D eigenvalue weighted by Crippen LogP contribution is 2.14. The Kier molecular flexibility index (Phi) is 5.13. The van der Waals surface area contributed by atoms with E-state index in [0.29, 0.717) is 5.56 Å². The van der Waals surface area contributed by atoms with Gasteiger partial charge in [0.15, 0.2) is 0 Å². The second-order valence-corrected chi connectivity index (χ2v) is 8.73. The highest BCUT2D eigenvalue weighted by Gasteiger charge is 2.18. The van der Waals surface area contributed by atoms with Crippen molar-refractivity contribution in [1.82, 2.24) is 5.32 Å². The molecule has 118 valence electrons. The van der Waals surface area contributed by atoms with Crippen molar-refractivity contribution < 1.29 is 21.6 Å². The number of carbonyl (C=O) groups is 1. The van der Waals surface area contributed by atoms with Crippen LogP contribution in [0.25, 0.3) is 0 Å². The molecule has 0 spiro atoms. The summed E-state index contributed by atoms with van der Waals surface area (Å²) in [6.45, 7) is 3.20. The van der Waals surface area contributed by atoms with Gasteiger partial charge >= 0.3 is 0 Å². The molecule has 0 bridgehead atoms. The van der Waals surface area contributed by atoms with Gasteiger partial charge in [-0.3, -0.25) is 4.79 Å². The fourth-order valence-corrected chi connectivity index (χ4v) is 3.35. The molecule has 1 unspecified atom stereocenters. The third kappa shape index (κ3) is 5.44. The molecule has 21 heavy (non-hydrogen) atoms. The maximum atomic E-state index is 12.1. The van der Waals surface area contributed by atoms with E-state index in [1.807, 2.05) is 0 Å². The van der Waals surface area contributed by atoms with Crippen LogP contribution in [0.4, 0.5) is 0 Å². The second-order valence-electron chi connectivity index (χ2n) is 4.99. The van der Waals surface area contributed by atoms with Gasteiger partial charge in [0.25, 0.3) is 5.91 Å². The molecule has 9 heteroatoms. The van der Waals surface area contributed by atoms with Crippen LogP contribution in [0.1, 0.15) is 22.8 Å². The average Bonchev–Trinajstić information content (AvgIpc) is 2.24. The molecule has 0 aliphatic heterocycles. The number of sulfone groups is 1. The highest BCUT2D eigenvalue weighted by atomic mass is 32.2. The normalized spacial score (nSPS) is 13.7. The minimum atomic E-state index is -3.91. The van der Waals surface area contributed by atoms with Crippen LogP contribution in [-0.2, 0) is 19.9 Å². The summed E-state index contributed by atoms with van der Waals surface area (Å²) in [5, 5.41) is 7.54. The molecule has 1 amide bonds. The largest absolute Gasteiger partial charge is 0.349 e. The van der Waals surface area contributed by atoms with Crippen LogP contribution in [0.15, 0.2) is 23.1 Å². The van der Waals surface area contributed by atoms with E-state index in [4.69, 9.17) is 5.14 Å². The van der Waals surface area contributed by atoms with Crippen molar-refractivity contribution in [3.63, 3.8) is 0 Å². The smallest absolute Gasteiger partial charge is 0.251 e. The van der Waals surface area contributed by atoms with Crippen LogP contribution < -0.4 is 10.5 Å². The predicted octanol–water partition coefficient (Wildman–Crippen LogP) is -0.195. The third-order valence-electron chi connectivity index (χ3n) is 2.71. The second kappa shape index (κ2) is 6.12. The zero-order chi connectivity index (χ0) is 16.4. The quantitative estimate of drug-likeness (QED) is 0.772. The number of amides is 1. The van der Waals surface area contributed by atoms with Gasteiger partial charge in [0.05, 0.1) is 10.6 Å². The lowest BCUT2D eigenvalue weighted by atomic mass is 10.1. The van der Waals surface area contributed by atoms with Gasteiger partial charge in [-0.25, -0.2) is 22.0 Å². The summed E-state index contributed by atoms with van der Waals surface area (Å²) in [5.74, 6) is -0.749. The van der Waals surface area contributed by atoms with E-state index in [2.05, 4.69) is 5.32 Å². The Labute approximate surface area is 124 Å². The average molecular weight is 334 g/mol. The Morgan fingerprint density at radius 2 is 1.86 bits per heavy atom. The Hall–Kier alpha value is -1.45. The van der Waals surface area contributed by atoms with Gasteiger partial charge in [-0.1, -0.05) is 6.07 Å². The molecule has 0 aromatic heterocycles. The maximum Gasteiger partial charge on any atom is 0.251 e. The summed E-state index contributed by atoms with van der Waals surface area (Å²) in [4.78, 5) is 11.9. The molecule has 3 N–H and O–H groups in total. The molecule has 0 saturated heterocycles. The summed E-state index contributed by atoms with van der Waals surface area (Å²) in [6.07, 6.45) is 1.07. The van der Waals surface area contributed by atoms with E-state index in [1.54, 1.807) is 13.8 Å². The van der Waals surface area contributed by atoms with Crippen molar-refractivity contribution in [3.8, 4) is 0 Å². The summed E-state index contributed by atoms with van der Waals surface area (Å²) in [6, 6.07) is 3.36. The number of rotatable bonds is 5. The Morgan fingerprint density at radius 3 is 2.33 bits per heavy atom. The summed E-state index contributed by atoms with van der Waals surface area (Å²) in [5.41, 5.74) is 0.702. The fraction of sp³-hybridized carbons (Fsp3) is 0.417. The number of benzene rings is 1. The van der Waals surface area contributed by atoms with Crippen molar-refractivity contribution in [2.75, 3.05) is 12.0 Å². The maximum absolute atomic E-state index is 12.1. The first-order valence-corrected chi connectivity index (χ1v) is 9.63. The van der Waals surface area contributed by atoms with Gasteiger partial charge in [0.2, 0.25) is 10.0 Å². The highest BCUT2D eigenvalue weighted by molar-refractivity contribution is 7.90. The molecule has 0 fully saturated rings. The molecule has 0 heterocycles. The SMILES string of the molecule is Cc1ccc(S(N)(=O)=O)cc1C(=O)NC(C)CS(C)(=O)=O. The standard InChI is InChI=1S/C12H18N2O5S2/c1-8-4-5-10(21(13,18)19)6-11(8)12(15)14-9(2)7-20(3,16)17/h4-6,9H,7H2,1-3H3,(H,14,15)(H2,13,18,19). The third-order valence-corrected chi connectivity index (χ3v) is 4.73. The lowest BCUT2D eigenvalue weighted by Gasteiger charge is -2.14. The number of aryl methyl sites for hydroxylation is 1. The monoisotopic (exact) mass is 334 g/mol. The van der Waals surface area contributed by atoms with Crippen molar-refractivity contribution in [2.24, 2.45) is 5.14 Å². The lowest BCUT2D eigenvalue weighted by molar-refractivity contribution is 0.0943. The minimum Gasteiger partial charge on any atom is -0.349 e. The number of sulfonamides is 1. The van der Waals surface area contributed by atoms with Crippen molar-refractivity contribution in [2.45, 2.75) is 24.8 Å². The van der Waals surface area contributed by atoms with Crippen LogP contribution in [0.3, 0.4) is 0 Å². The molecular formula is C12H18N2O5S2. The molecule has 0 radical (unpaired) electrons. The van der Waals surface area contributed by atoms with Gasteiger partial charge in [0, 0.05) is 17.9 Å². The molecular weight excluding hydrogens is 316 g/mol. The zero-order valence-electron chi connectivity index (χ0n) is 12.0. The van der Waals surface area contributed by atoms with Gasteiger partial charge < -0.3 is 5.32 Å². The number of nitrogens with two attached hydrogens (primary N) is 1. The van der Waals surface area contributed by atoms with Crippen LogP contribution >= 0.6 is 0 Å². The van der Waals surface area contributed by atoms with E-state index < -0.39 is 31.8 Å². The molecule has 0 saturated carbocycles. The number of hydrogen-bond acceptors (Lipinski definition) is 5. The first-order valence-electron chi connectivity index (χ1n) is 6.02. The van der Waals surface area contributed by atoms with E-state index >= 15 is 0 Å². The number of hydrogen-bond donors (Lipinski definition) is 2. The number of nitrogens with one attached hydrogen (secondary N) is 1. The molecule has 1 aromatic carbocycles. The van der Waals surface area contributed by atoms with Crippen LogP contribution in [0.2, 0.25) is 0 Å². The topological polar surface area (TPSA) is 123 Å². The molecule has 0 aliphatic rings. The van der Waals surface area contributed by atoms with Crippen LogP contribution in [0, 0.1) is 6.92 Å². The molecule has 1 rings (SSSR count). The minimum absolute atomic E-state index is 0.141. The van der Waals surface area contributed by atoms with Crippen molar-refractivity contribution >= 4 is 25.8 Å². The van der Waals surface area contributed by atoms with E-state index in [9.17, 15) is 21.6 Å². The van der Waals surface area contributed by atoms with Crippen molar-refractivity contribution in [1.29, 1.82) is 0 Å². The summed E-state index contributed by atoms with van der Waals surface area (Å²) < 4.78 is 44.9. The van der Waals surface area contributed by atoms with E-state index in [1.165, 1.54) is 18.2 Å². The molecule has 7 nitrogen and oxygen atoms in total. The Morgan fingerprint density at radius 1 is 1.29 bits per heavy atom. The lowest BCUT2D eigenvalue weighted by Crippen LogP contribution is -2.37. The number of carbonyl (C=O) groups excluding carboxylic acids is 1. The molecule has 0 aliphatic carbocycles. The summed E-state index contributed by atoms with van der Waals surface area (Å²) >= 11 is 0. The Balaban J connectivity index is 3.03.